The fourth-order valence-electron chi connectivity index (χ4n) is 2.66. The number of aliphatic hydroxyl groups is 1. The minimum Gasteiger partial charge on any atom is -0.462 e. The van der Waals surface area contributed by atoms with E-state index >= 15 is 0 Å². The second kappa shape index (κ2) is 6.22. The maximum atomic E-state index is 8.92. The van der Waals surface area contributed by atoms with E-state index in [0.29, 0.717) is 11.8 Å². The van der Waals surface area contributed by atoms with Crippen molar-refractivity contribution in [1.29, 1.82) is 0 Å². The highest BCUT2D eigenvalue weighted by Crippen LogP contribution is 2.26. The third-order valence-corrected chi connectivity index (χ3v) is 3.83. The minimum atomic E-state index is -0.0157. The van der Waals surface area contributed by atoms with Crippen LogP contribution in [-0.4, -0.2) is 11.1 Å². The molecule has 0 aliphatic heterocycles. The van der Waals surface area contributed by atoms with Crippen LogP contribution < -0.4 is 5.32 Å². The summed E-state index contributed by atoms with van der Waals surface area (Å²) >= 11 is 0. The van der Waals surface area contributed by atoms with E-state index < -0.39 is 0 Å². The summed E-state index contributed by atoms with van der Waals surface area (Å²) in [7, 11) is 0. The highest BCUT2D eigenvalue weighted by atomic mass is 16.4. The summed E-state index contributed by atoms with van der Waals surface area (Å²) < 4.78 is 5.46. The number of rotatable bonds is 5. The van der Waals surface area contributed by atoms with Crippen LogP contribution in [0.15, 0.2) is 16.5 Å². The van der Waals surface area contributed by atoms with Crippen molar-refractivity contribution in [2.24, 2.45) is 5.92 Å². The monoisotopic (exact) mass is 237 g/mol. The molecule has 0 spiro atoms. The van der Waals surface area contributed by atoms with E-state index in [-0.39, 0.29) is 6.61 Å². The average molecular weight is 237 g/mol. The molecule has 0 radical (unpaired) electrons. The summed E-state index contributed by atoms with van der Waals surface area (Å²) in [5, 5.41) is 12.4. The highest BCUT2D eigenvalue weighted by molar-refractivity contribution is 5.06. The van der Waals surface area contributed by atoms with Crippen LogP contribution in [-0.2, 0) is 13.2 Å². The van der Waals surface area contributed by atoms with Gasteiger partial charge in [-0.25, -0.2) is 0 Å². The van der Waals surface area contributed by atoms with Crippen molar-refractivity contribution < 1.29 is 9.52 Å². The van der Waals surface area contributed by atoms with Gasteiger partial charge in [-0.2, -0.15) is 0 Å². The molecule has 17 heavy (non-hydrogen) atoms. The predicted molar refractivity (Wildman–Crippen MR) is 67.5 cm³/mol. The van der Waals surface area contributed by atoms with Gasteiger partial charge in [0.05, 0.1) is 6.54 Å². The van der Waals surface area contributed by atoms with Crippen LogP contribution in [0.2, 0.25) is 0 Å². The molecule has 2 rings (SSSR count). The zero-order chi connectivity index (χ0) is 12.1. The van der Waals surface area contributed by atoms with E-state index in [2.05, 4.69) is 12.2 Å². The topological polar surface area (TPSA) is 45.4 Å². The van der Waals surface area contributed by atoms with Gasteiger partial charge in [-0.3, -0.25) is 0 Å². The Morgan fingerprint density at radius 1 is 1.29 bits per heavy atom. The molecule has 0 aromatic carbocycles. The summed E-state index contributed by atoms with van der Waals surface area (Å²) in [6, 6.07) is 4.33. The first-order valence-electron chi connectivity index (χ1n) is 6.71. The van der Waals surface area contributed by atoms with E-state index in [9.17, 15) is 0 Å². The molecule has 96 valence electrons. The van der Waals surface area contributed by atoms with Crippen molar-refractivity contribution in [1.82, 2.24) is 5.32 Å². The zero-order valence-electron chi connectivity index (χ0n) is 10.6. The lowest BCUT2D eigenvalue weighted by atomic mass is 9.84. The molecule has 2 N–H and O–H groups in total. The molecule has 0 unspecified atom stereocenters. The van der Waals surface area contributed by atoms with Crippen LogP contribution in [0.4, 0.5) is 0 Å². The maximum Gasteiger partial charge on any atom is 0.129 e. The van der Waals surface area contributed by atoms with E-state index in [1.54, 1.807) is 0 Å². The van der Waals surface area contributed by atoms with Crippen LogP contribution in [0.1, 0.15) is 50.5 Å². The average Bonchev–Trinajstić information content (AvgIpc) is 2.85. The SMILES string of the molecule is C[C@H](NCc1ccc(CO)o1)C1CCCCC1. The Kier molecular flexibility index (Phi) is 4.63. The van der Waals surface area contributed by atoms with Crippen molar-refractivity contribution in [2.45, 2.75) is 58.2 Å². The zero-order valence-corrected chi connectivity index (χ0v) is 10.6. The lowest BCUT2D eigenvalue weighted by molar-refractivity contribution is 0.239. The van der Waals surface area contributed by atoms with E-state index in [1.165, 1.54) is 32.1 Å². The molecule has 1 heterocycles. The first-order chi connectivity index (χ1) is 8.29. The second-order valence-corrected chi connectivity index (χ2v) is 5.09. The van der Waals surface area contributed by atoms with Crippen LogP contribution in [0, 0.1) is 5.92 Å². The summed E-state index contributed by atoms with van der Waals surface area (Å²) in [5.74, 6) is 2.37. The lowest BCUT2D eigenvalue weighted by Crippen LogP contribution is -2.34. The first kappa shape index (κ1) is 12.7. The van der Waals surface area contributed by atoms with Gasteiger partial charge in [0.25, 0.3) is 0 Å². The Bertz CT molecular complexity index is 329. The molecule has 1 atom stereocenters. The Morgan fingerprint density at radius 2 is 2.00 bits per heavy atom. The van der Waals surface area contributed by atoms with Crippen molar-refractivity contribution in [3.63, 3.8) is 0 Å². The van der Waals surface area contributed by atoms with Gasteiger partial charge in [0.2, 0.25) is 0 Å². The summed E-state index contributed by atoms with van der Waals surface area (Å²) in [6.07, 6.45) is 6.88. The third-order valence-electron chi connectivity index (χ3n) is 3.83. The number of hydrogen-bond donors (Lipinski definition) is 2. The van der Waals surface area contributed by atoms with Gasteiger partial charge >= 0.3 is 0 Å². The number of nitrogens with one attached hydrogen (secondary N) is 1. The van der Waals surface area contributed by atoms with Crippen LogP contribution in [0.25, 0.3) is 0 Å². The molecule has 3 heteroatoms. The van der Waals surface area contributed by atoms with Gasteiger partial charge in [-0.05, 0) is 37.8 Å². The van der Waals surface area contributed by atoms with Gasteiger partial charge in [-0.1, -0.05) is 19.3 Å². The summed E-state index contributed by atoms with van der Waals surface area (Å²) in [4.78, 5) is 0. The summed E-state index contributed by atoms with van der Waals surface area (Å²) in [5.41, 5.74) is 0. The lowest BCUT2D eigenvalue weighted by Gasteiger charge is -2.28. The Labute approximate surface area is 103 Å². The fourth-order valence-corrected chi connectivity index (χ4v) is 2.66. The molecule has 1 aliphatic carbocycles. The number of furan rings is 1. The maximum absolute atomic E-state index is 8.92. The van der Waals surface area contributed by atoms with Gasteiger partial charge in [0.15, 0.2) is 0 Å². The molecule has 0 saturated heterocycles. The van der Waals surface area contributed by atoms with Crippen molar-refractivity contribution in [3.05, 3.63) is 23.7 Å². The Hall–Kier alpha value is -0.800. The molecule has 3 nitrogen and oxygen atoms in total. The quantitative estimate of drug-likeness (QED) is 0.827. The van der Waals surface area contributed by atoms with Crippen LogP contribution >= 0.6 is 0 Å². The van der Waals surface area contributed by atoms with Gasteiger partial charge in [-0.15, -0.1) is 0 Å². The first-order valence-corrected chi connectivity index (χ1v) is 6.71. The molecule has 0 bridgehead atoms. The molecule has 1 aromatic heterocycles. The Balaban J connectivity index is 1.76. The Morgan fingerprint density at radius 3 is 2.65 bits per heavy atom. The van der Waals surface area contributed by atoms with Crippen molar-refractivity contribution in [3.8, 4) is 0 Å². The molecule has 1 aliphatic rings. The van der Waals surface area contributed by atoms with Crippen LogP contribution in [0.3, 0.4) is 0 Å². The summed E-state index contributed by atoms with van der Waals surface area (Å²) in [6.45, 7) is 3.02. The van der Waals surface area contributed by atoms with E-state index in [4.69, 9.17) is 9.52 Å². The largest absolute Gasteiger partial charge is 0.462 e. The molecule has 1 fully saturated rings. The van der Waals surface area contributed by atoms with Crippen LogP contribution in [0.5, 0.6) is 0 Å². The molecular formula is C14H23NO2. The van der Waals surface area contributed by atoms with Gasteiger partial charge in [0, 0.05) is 6.04 Å². The molecule has 1 saturated carbocycles. The smallest absolute Gasteiger partial charge is 0.129 e. The van der Waals surface area contributed by atoms with E-state index in [1.807, 2.05) is 12.1 Å². The van der Waals surface area contributed by atoms with Crippen molar-refractivity contribution in [2.75, 3.05) is 0 Å². The van der Waals surface area contributed by atoms with Gasteiger partial charge in [0.1, 0.15) is 18.1 Å². The molecular weight excluding hydrogens is 214 g/mol. The van der Waals surface area contributed by atoms with E-state index in [0.717, 1.165) is 18.2 Å². The van der Waals surface area contributed by atoms with Crippen molar-refractivity contribution >= 4 is 0 Å². The predicted octanol–water partition coefficient (Wildman–Crippen LogP) is 2.83. The highest BCUT2D eigenvalue weighted by Gasteiger charge is 2.19. The normalized spacial score (nSPS) is 19.4. The number of aliphatic hydroxyl groups excluding tert-OH is 1. The fraction of sp³-hybridized carbons (Fsp3) is 0.714. The molecule has 1 aromatic rings. The van der Waals surface area contributed by atoms with Gasteiger partial charge < -0.3 is 14.8 Å². The second-order valence-electron chi connectivity index (χ2n) is 5.09. The molecule has 0 amide bonds. The minimum absolute atomic E-state index is 0.0157. The number of hydrogen-bond acceptors (Lipinski definition) is 3. The standard InChI is InChI=1S/C14H23NO2/c1-11(12-5-3-2-4-6-12)15-9-13-7-8-14(10-16)17-13/h7-8,11-12,15-16H,2-6,9-10H2,1H3/t11-/m0/s1. The third kappa shape index (κ3) is 3.58.